The minimum atomic E-state index is 0.428. The standard InChI is InChI=1S/C14H18BrNO/c1-16(13-5-7-14(17)8-6-13)10-11-3-2-4-12(15)9-11/h2-4,9,13H,5-8,10H2,1H3. The van der Waals surface area contributed by atoms with Crippen molar-refractivity contribution in [1.82, 2.24) is 4.90 Å². The van der Waals surface area contributed by atoms with Crippen molar-refractivity contribution in [2.45, 2.75) is 38.3 Å². The molecule has 3 heteroatoms. The van der Waals surface area contributed by atoms with Crippen molar-refractivity contribution in [2.24, 2.45) is 0 Å². The average Bonchev–Trinajstić information content (AvgIpc) is 2.29. The van der Waals surface area contributed by atoms with E-state index in [2.05, 4.69) is 46.1 Å². The Morgan fingerprint density at radius 1 is 1.35 bits per heavy atom. The van der Waals surface area contributed by atoms with Gasteiger partial charge in [0, 0.05) is 29.9 Å². The van der Waals surface area contributed by atoms with Crippen molar-refractivity contribution in [2.75, 3.05) is 7.05 Å². The van der Waals surface area contributed by atoms with Crippen LogP contribution in [-0.2, 0) is 11.3 Å². The molecule has 17 heavy (non-hydrogen) atoms. The number of hydrogen-bond donors (Lipinski definition) is 0. The first kappa shape index (κ1) is 12.8. The lowest BCUT2D eigenvalue weighted by Crippen LogP contribution is -2.34. The maximum absolute atomic E-state index is 11.2. The number of carbonyl (C=O) groups is 1. The van der Waals surface area contributed by atoms with Gasteiger partial charge in [0.2, 0.25) is 0 Å². The van der Waals surface area contributed by atoms with Gasteiger partial charge in [0.05, 0.1) is 0 Å². The Kier molecular flexibility index (Phi) is 4.35. The summed E-state index contributed by atoms with van der Waals surface area (Å²) in [5.41, 5.74) is 1.32. The molecule has 0 bridgehead atoms. The van der Waals surface area contributed by atoms with Gasteiger partial charge in [0.15, 0.2) is 0 Å². The quantitative estimate of drug-likeness (QED) is 0.852. The number of nitrogens with zero attached hydrogens (tertiary/aromatic N) is 1. The smallest absolute Gasteiger partial charge is 0.133 e. The van der Waals surface area contributed by atoms with Gasteiger partial charge in [-0.1, -0.05) is 28.1 Å². The van der Waals surface area contributed by atoms with E-state index in [1.807, 2.05) is 6.07 Å². The second-order valence-electron chi connectivity index (χ2n) is 4.81. The third-order valence-corrected chi connectivity index (χ3v) is 3.95. The molecule has 1 aromatic rings. The van der Waals surface area contributed by atoms with E-state index in [0.29, 0.717) is 11.8 Å². The first-order chi connectivity index (χ1) is 8.15. The van der Waals surface area contributed by atoms with E-state index in [-0.39, 0.29) is 0 Å². The van der Waals surface area contributed by atoms with Crippen molar-refractivity contribution in [3.63, 3.8) is 0 Å². The van der Waals surface area contributed by atoms with Crippen LogP contribution in [0, 0.1) is 0 Å². The molecule has 0 amide bonds. The molecule has 0 heterocycles. The van der Waals surface area contributed by atoms with Crippen LogP contribution in [0.2, 0.25) is 0 Å². The highest BCUT2D eigenvalue weighted by molar-refractivity contribution is 9.10. The van der Waals surface area contributed by atoms with Gasteiger partial charge in [-0.2, -0.15) is 0 Å². The minimum Gasteiger partial charge on any atom is -0.300 e. The van der Waals surface area contributed by atoms with Crippen molar-refractivity contribution >= 4 is 21.7 Å². The Bertz CT molecular complexity index is 395. The summed E-state index contributed by atoms with van der Waals surface area (Å²) in [5, 5.41) is 0. The second kappa shape index (κ2) is 5.78. The maximum atomic E-state index is 11.2. The number of halogens is 1. The Hall–Kier alpha value is -0.670. The zero-order valence-corrected chi connectivity index (χ0v) is 11.7. The summed E-state index contributed by atoms with van der Waals surface area (Å²) in [7, 11) is 2.15. The lowest BCUT2D eigenvalue weighted by Gasteiger charge is -2.30. The zero-order valence-electron chi connectivity index (χ0n) is 10.2. The number of carbonyl (C=O) groups excluding carboxylic acids is 1. The van der Waals surface area contributed by atoms with Gasteiger partial charge in [-0.05, 0) is 37.6 Å². The molecule has 0 aliphatic heterocycles. The van der Waals surface area contributed by atoms with E-state index < -0.39 is 0 Å². The van der Waals surface area contributed by atoms with Crippen LogP contribution in [-0.4, -0.2) is 23.8 Å². The van der Waals surface area contributed by atoms with E-state index in [0.717, 1.165) is 36.7 Å². The summed E-state index contributed by atoms with van der Waals surface area (Å²) in [5.74, 6) is 0.428. The van der Waals surface area contributed by atoms with Gasteiger partial charge in [-0.3, -0.25) is 9.69 Å². The lowest BCUT2D eigenvalue weighted by atomic mass is 9.93. The fourth-order valence-electron chi connectivity index (χ4n) is 2.42. The van der Waals surface area contributed by atoms with E-state index in [1.165, 1.54) is 5.56 Å². The van der Waals surface area contributed by atoms with Crippen LogP contribution in [0.3, 0.4) is 0 Å². The summed E-state index contributed by atoms with van der Waals surface area (Å²) < 4.78 is 1.13. The molecule has 1 aromatic carbocycles. The molecule has 0 aromatic heterocycles. The Labute approximate surface area is 111 Å². The van der Waals surface area contributed by atoms with Gasteiger partial charge in [0.1, 0.15) is 5.78 Å². The number of ketones is 1. The van der Waals surface area contributed by atoms with Crippen molar-refractivity contribution < 1.29 is 4.79 Å². The fraction of sp³-hybridized carbons (Fsp3) is 0.500. The van der Waals surface area contributed by atoms with Crippen LogP contribution in [0.1, 0.15) is 31.2 Å². The fourth-order valence-corrected chi connectivity index (χ4v) is 2.86. The molecule has 0 atom stereocenters. The van der Waals surface area contributed by atoms with Crippen molar-refractivity contribution in [3.05, 3.63) is 34.3 Å². The van der Waals surface area contributed by atoms with Crippen LogP contribution < -0.4 is 0 Å². The van der Waals surface area contributed by atoms with Gasteiger partial charge in [-0.25, -0.2) is 0 Å². The van der Waals surface area contributed by atoms with Crippen molar-refractivity contribution in [3.8, 4) is 0 Å². The minimum absolute atomic E-state index is 0.428. The molecule has 0 spiro atoms. The Balaban J connectivity index is 1.92. The molecule has 1 fully saturated rings. The van der Waals surface area contributed by atoms with E-state index in [4.69, 9.17) is 0 Å². The second-order valence-corrected chi connectivity index (χ2v) is 5.73. The topological polar surface area (TPSA) is 20.3 Å². The van der Waals surface area contributed by atoms with Crippen LogP contribution >= 0.6 is 15.9 Å². The highest BCUT2D eigenvalue weighted by Crippen LogP contribution is 2.21. The predicted octanol–water partition coefficient (Wildman–Crippen LogP) is 3.39. The molecule has 0 N–H and O–H groups in total. The number of benzene rings is 1. The van der Waals surface area contributed by atoms with Crippen LogP contribution in [0.5, 0.6) is 0 Å². The van der Waals surface area contributed by atoms with E-state index in [9.17, 15) is 4.79 Å². The highest BCUT2D eigenvalue weighted by atomic mass is 79.9. The number of hydrogen-bond acceptors (Lipinski definition) is 2. The summed E-state index contributed by atoms with van der Waals surface area (Å²) >= 11 is 3.49. The number of rotatable bonds is 3. The molecule has 1 saturated carbocycles. The Morgan fingerprint density at radius 2 is 2.06 bits per heavy atom. The SMILES string of the molecule is CN(Cc1cccc(Br)c1)C1CCC(=O)CC1. The molecule has 1 aliphatic carbocycles. The van der Waals surface area contributed by atoms with Gasteiger partial charge < -0.3 is 0 Å². The van der Waals surface area contributed by atoms with Crippen molar-refractivity contribution in [1.29, 1.82) is 0 Å². The Morgan fingerprint density at radius 3 is 2.71 bits per heavy atom. The predicted molar refractivity (Wildman–Crippen MR) is 72.9 cm³/mol. The van der Waals surface area contributed by atoms with E-state index in [1.54, 1.807) is 0 Å². The summed E-state index contributed by atoms with van der Waals surface area (Å²) in [6, 6.07) is 8.98. The van der Waals surface area contributed by atoms with Crippen LogP contribution in [0.4, 0.5) is 0 Å². The lowest BCUT2D eigenvalue weighted by molar-refractivity contribution is -0.121. The van der Waals surface area contributed by atoms with E-state index >= 15 is 0 Å². The molecule has 2 rings (SSSR count). The molecule has 0 saturated heterocycles. The van der Waals surface area contributed by atoms with Gasteiger partial charge in [-0.15, -0.1) is 0 Å². The molecular weight excluding hydrogens is 278 g/mol. The third-order valence-electron chi connectivity index (χ3n) is 3.46. The van der Waals surface area contributed by atoms with Crippen LogP contribution in [0.25, 0.3) is 0 Å². The van der Waals surface area contributed by atoms with Gasteiger partial charge >= 0.3 is 0 Å². The third kappa shape index (κ3) is 3.65. The molecule has 0 unspecified atom stereocenters. The molecule has 2 nitrogen and oxygen atoms in total. The number of Topliss-reactive ketones (excluding diaryl/α,β-unsaturated/α-hetero) is 1. The van der Waals surface area contributed by atoms with Crippen LogP contribution in [0.15, 0.2) is 28.7 Å². The zero-order chi connectivity index (χ0) is 12.3. The largest absolute Gasteiger partial charge is 0.300 e. The normalized spacial score (nSPS) is 17.7. The maximum Gasteiger partial charge on any atom is 0.133 e. The van der Waals surface area contributed by atoms with Gasteiger partial charge in [0.25, 0.3) is 0 Å². The monoisotopic (exact) mass is 295 g/mol. The summed E-state index contributed by atoms with van der Waals surface area (Å²) in [6.45, 7) is 0.957. The summed E-state index contributed by atoms with van der Waals surface area (Å²) in [4.78, 5) is 13.6. The molecular formula is C14H18BrNO. The average molecular weight is 296 g/mol. The highest BCUT2D eigenvalue weighted by Gasteiger charge is 2.21. The molecule has 1 aliphatic rings. The molecule has 0 radical (unpaired) electrons. The first-order valence-corrected chi connectivity index (χ1v) is 6.91. The summed E-state index contributed by atoms with van der Waals surface area (Å²) in [6.07, 6.45) is 3.55. The molecule has 92 valence electrons. The first-order valence-electron chi connectivity index (χ1n) is 6.11.